The Morgan fingerprint density at radius 2 is 2.43 bits per heavy atom. The number of nitrogens with two attached hydrogens (primary N) is 1. The van der Waals surface area contributed by atoms with Crippen molar-refractivity contribution in [2.24, 2.45) is 12.8 Å². The third kappa shape index (κ3) is 2.32. The summed E-state index contributed by atoms with van der Waals surface area (Å²) in [6.07, 6.45) is 0. The first-order chi connectivity index (χ1) is 6.54. The smallest absolute Gasteiger partial charge is 0.269 e. The Morgan fingerprint density at radius 1 is 1.79 bits per heavy atom. The molecule has 3 N–H and O–H groups in total. The van der Waals surface area contributed by atoms with Crippen LogP contribution in [0.3, 0.4) is 0 Å². The Morgan fingerprint density at radius 3 is 2.86 bits per heavy atom. The molecular weight excluding hydrogens is 180 g/mol. The van der Waals surface area contributed by atoms with Crippen molar-refractivity contribution in [3.05, 3.63) is 17.5 Å². The number of carbonyl (C=O) groups is 1. The second-order valence-electron chi connectivity index (χ2n) is 3.40. The van der Waals surface area contributed by atoms with Crippen molar-refractivity contribution < 1.29 is 4.79 Å². The molecule has 0 radical (unpaired) electrons. The van der Waals surface area contributed by atoms with Crippen LogP contribution >= 0.6 is 0 Å². The molecule has 1 atom stereocenters. The van der Waals surface area contributed by atoms with Crippen molar-refractivity contribution in [3.63, 3.8) is 0 Å². The quantitative estimate of drug-likeness (QED) is 0.703. The van der Waals surface area contributed by atoms with Crippen LogP contribution in [-0.2, 0) is 7.05 Å². The highest BCUT2D eigenvalue weighted by Crippen LogP contribution is 2.01. The standard InChI is InChI=1S/C9H16N4O/c1-6-4-8(13(3)12-6)9(14)11-7(2)5-10/h4,7H,5,10H2,1-3H3,(H,11,14). The molecule has 78 valence electrons. The summed E-state index contributed by atoms with van der Waals surface area (Å²) in [5.74, 6) is -0.133. The lowest BCUT2D eigenvalue weighted by atomic mass is 10.3. The third-order valence-electron chi connectivity index (χ3n) is 1.97. The van der Waals surface area contributed by atoms with E-state index in [1.807, 2.05) is 13.8 Å². The summed E-state index contributed by atoms with van der Waals surface area (Å²) in [4.78, 5) is 11.6. The maximum absolute atomic E-state index is 11.6. The lowest BCUT2D eigenvalue weighted by Gasteiger charge is -2.10. The molecule has 0 spiro atoms. The number of aryl methyl sites for hydroxylation is 2. The van der Waals surface area contributed by atoms with E-state index in [1.54, 1.807) is 17.8 Å². The summed E-state index contributed by atoms with van der Waals surface area (Å²) in [5, 5.41) is 6.87. The first kappa shape index (κ1) is 10.7. The maximum atomic E-state index is 11.6. The van der Waals surface area contributed by atoms with E-state index in [1.165, 1.54) is 0 Å². The second-order valence-corrected chi connectivity index (χ2v) is 3.40. The molecule has 1 aromatic rings. The van der Waals surface area contributed by atoms with Gasteiger partial charge in [-0.05, 0) is 19.9 Å². The highest BCUT2D eigenvalue weighted by Gasteiger charge is 2.12. The van der Waals surface area contributed by atoms with Crippen LogP contribution in [0.25, 0.3) is 0 Å². The van der Waals surface area contributed by atoms with Crippen molar-refractivity contribution in [1.29, 1.82) is 0 Å². The van der Waals surface area contributed by atoms with E-state index in [9.17, 15) is 4.79 Å². The SMILES string of the molecule is Cc1cc(C(=O)NC(C)CN)n(C)n1. The van der Waals surface area contributed by atoms with Crippen molar-refractivity contribution in [1.82, 2.24) is 15.1 Å². The number of hydrogen-bond donors (Lipinski definition) is 2. The molecule has 0 aliphatic rings. The fourth-order valence-electron chi connectivity index (χ4n) is 1.18. The van der Waals surface area contributed by atoms with Gasteiger partial charge in [0.05, 0.1) is 5.69 Å². The highest BCUT2D eigenvalue weighted by atomic mass is 16.2. The Kier molecular flexibility index (Phi) is 3.24. The lowest BCUT2D eigenvalue weighted by molar-refractivity contribution is 0.0932. The zero-order chi connectivity index (χ0) is 10.7. The average Bonchev–Trinajstić information content (AvgIpc) is 2.45. The molecule has 0 aromatic carbocycles. The van der Waals surface area contributed by atoms with Crippen molar-refractivity contribution in [2.45, 2.75) is 19.9 Å². The van der Waals surface area contributed by atoms with Crippen LogP contribution in [0.1, 0.15) is 23.1 Å². The van der Waals surface area contributed by atoms with Gasteiger partial charge in [-0.2, -0.15) is 5.10 Å². The van der Waals surface area contributed by atoms with Gasteiger partial charge in [-0.3, -0.25) is 9.48 Å². The number of rotatable bonds is 3. The largest absolute Gasteiger partial charge is 0.347 e. The second kappa shape index (κ2) is 4.23. The fourth-order valence-corrected chi connectivity index (χ4v) is 1.18. The molecule has 0 saturated carbocycles. The minimum Gasteiger partial charge on any atom is -0.347 e. The first-order valence-electron chi connectivity index (χ1n) is 4.56. The Balaban J connectivity index is 2.74. The van der Waals surface area contributed by atoms with Gasteiger partial charge < -0.3 is 11.1 Å². The van der Waals surface area contributed by atoms with Crippen LogP contribution in [0, 0.1) is 6.92 Å². The van der Waals surface area contributed by atoms with E-state index in [0.717, 1.165) is 5.69 Å². The Labute approximate surface area is 83.3 Å². The van der Waals surface area contributed by atoms with Crippen LogP contribution in [-0.4, -0.2) is 28.3 Å². The first-order valence-corrected chi connectivity index (χ1v) is 4.56. The zero-order valence-corrected chi connectivity index (χ0v) is 8.74. The summed E-state index contributed by atoms with van der Waals surface area (Å²) in [6.45, 7) is 4.15. The van der Waals surface area contributed by atoms with Crippen molar-refractivity contribution in [3.8, 4) is 0 Å². The number of nitrogens with zero attached hydrogens (tertiary/aromatic N) is 2. The van der Waals surface area contributed by atoms with Gasteiger partial charge in [0.2, 0.25) is 0 Å². The molecule has 14 heavy (non-hydrogen) atoms. The molecular formula is C9H16N4O. The van der Waals surface area contributed by atoms with Gasteiger partial charge >= 0.3 is 0 Å². The van der Waals surface area contributed by atoms with E-state index in [2.05, 4.69) is 10.4 Å². The van der Waals surface area contributed by atoms with E-state index in [0.29, 0.717) is 12.2 Å². The van der Waals surface area contributed by atoms with E-state index in [4.69, 9.17) is 5.73 Å². The van der Waals surface area contributed by atoms with E-state index < -0.39 is 0 Å². The maximum Gasteiger partial charge on any atom is 0.269 e. The van der Waals surface area contributed by atoms with Crippen LogP contribution in [0.2, 0.25) is 0 Å². The molecule has 0 saturated heterocycles. The number of hydrogen-bond acceptors (Lipinski definition) is 3. The third-order valence-corrected chi connectivity index (χ3v) is 1.97. The molecule has 5 heteroatoms. The molecule has 1 amide bonds. The predicted molar refractivity (Wildman–Crippen MR) is 53.9 cm³/mol. The van der Waals surface area contributed by atoms with E-state index >= 15 is 0 Å². The fraction of sp³-hybridized carbons (Fsp3) is 0.556. The van der Waals surface area contributed by atoms with Crippen molar-refractivity contribution in [2.75, 3.05) is 6.54 Å². The summed E-state index contributed by atoms with van der Waals surface area (Å²) >= 11 is 0. The van der Waals surface area contributed by atoms with Gasteiger partial charge in [0, 0.05) is 19.6 Å². The number of aromatic nitrogens is 2. The molecule has 0 aliphatic carbocycles. The van der Waals surface area contributed by atoms with Crippen LogP contribution in [0.4, 0.5) is 0 Å². The van der Waals surface area contributed by atoms with Gasteiger partial charge in [-0.15, -0.1) is 0 Å². The summed E-state index contributed by atoms with van der Waals surface area (Å²) in [6, 6.07) is 1.73. The summed E-state index contributed by atoms with van der Waals surface area (Å²) < 4.78 is 1.56. The number of nitrogens with one attached hydrogen (secondary N) is 1. The molecule has 1 aromatic heterocycles. The van der Waals surface area contributed by atoms with Crippen LogP contribution in [0.5, 0.6) is 0 Å². The highest BCUT2D eigenvalue weighted by molar-refractivity contribution is 5.92. The normalized spacial score (nSPS) is 12.6. The molecule has 0 aliphatic heterocycles. The van der Waals surface area contributed by atoms with Gasteiger partial charge in [0.25, 0.3) is 5.91 Å². The lowest BCUT2D eigenvalue weighted by Crippen LogP contribution is -2.38. The average molecular weight is 196 g/mol. The molecule has 0 fully saturated rings. The molecule has 1 rings (SSSR count). The number of amides is 1. The van der Waals surface area contributed by atoms with Crippen molar-refractivity contribution >= 4 is 5.91 Å². The zero-order valence-electron chi connectivity index (χ0n) is 8.74. The Bertz CT molecular complexity index is 332. The number of carbonyl (C=O) groups excluding carboxylic acids is 1. The summed E-state index contributed by atoms with van der Waals surface area (Å²) in [5.41, 5.74) is 6.79. The van der Waals surface area contributed by atoms with Gasteiger partial charge in [0.1, 0.15) is 5.69 Å². The molecule has 1 unspecified atom stereocenters. The summed E-state index contributed by atoms with van der Waals surface area (Å²) in [7, 11) is 1.75. The Hall–Kier alpha value is -1.36. The van der Waals surface area contributed by atoms with Crippen LogP contribution < -0.4 is 11.1 Å². The van der Waals surface area contributed by atoms with E-state index in [-0.39, 0.29) is 11.9 Å². The topological polar surface area (TPSA) is 72.9 Å². The minimum atomic E-state index is -0.133. The molecule has 1 heterocycles. The minimum absolute atomic E-state index is 0.0160. The van der Waals surface area contributed by atoms with Gasteiger partial charge in [-0.25, -0.2) is 0 Å². The molecule has 5 nitrogen and oxygen atoms in total. The van der Waals surface area contributed by atoms with Crippen LogP contribution in [0.15, 0.2) is 6.07 Å². The molecule has 0 bridgehead atoms. The van der Waals surface area contributed by atoms with Gasteiger partial charge in [-0.1, -0.05) is 0 Å². The van der Waals surface area contributed by atoms with Gasteiger partial charge in [0.15, 0.2) is 0 Å². The predicted octanol–water partition coefficient (Wildman–Crippen LogP) is -0.194. The monoisotopic (exact) mass is 196 g/mol.